The summed E-state index contributed by atoms with van der Waals surface area (Å²) in [5.41, 5.74) is 1.37. The van der Waals surface area contributed by atoms with E-state index in [0.29, 0.717) is 0 Å². The Hall–Kier alpha value is -0.830. The van der Waals surface area contributed by atoms with Crippen molar-refractivity contribution in [3.05, 3.63) is 18.0 Å². The maximum atomic E-state index is 4.21. The van der Waals surface area contributed by atoms with Gasteiger partial charge in [0.2, 0.25) is 0 Å². The first kappa shape index (κ1) is 11.6. The molecule has 0 bridgehead atoms. The van der Waals surface area contributed by atoms with E-state index in [1.807, 2.05) is 17.9 Å². The van der Waals surface area contributed by atoms with E-state index in [2.05, 4.69) is 23.4 Å². The first-order chi connectivity index (χ1) is 7.79. The molecule has 0 aromatic carbocycles. The lowest BCUT2D eigenvalue weighted by atomic mass is 10.0. The summed E-state index contributed by atoms with van der Waals surface area (Å²) in [4.78, 5) is 0. The molecule has 16 heavy (non-hydrogen) atoms. The molecule has 1 fully saturated rings. The van der Waals surface area contributed by atoms with Crippen LogP contribution in [0.1, 0.15) is 38.3 Å². The van der Waals surface area contributed by atoms with Crippen molar-refractivity contribution in [2.24, 2.45) is 13.0 Å². The van der Waals surface area contributed by atoms with Crippen molar-refractivity contribution in [1.29, 1.82) is 0 Å². The Morgan fingerprint density at radius 2 is 2.38 bits per heavy atom. The standard InChI is InChI=1S/C13H23N3/c1-3-14-12-6-4-11(10-12)5-7-13-8-9-15-16(13)2/h8-9,11-12,14H,3-7,10H2,1-2H3. The highest BCUT2D eigenvalue weighted by atomic mass is 15.2. The van der Waals surface area contributed by atoms with Gasteiger partial charge in [0.05, 0.1) is 0 Å². The minimum absolute atomic E-state index is 0.779. The predicted molar refractivity (Wildman–Crippen MR) is 66.3 cm³/mol. The fourth-order valence-electron chi connectivity index (χ4n) is 2.81. The Balaban J connectivity index is 1.74. The molecule has 90 valence electrons. The average molecular weight is 221 g/mol. The maximum Gasteiger partial charge on any atom is 0.0492 e. The predicted octanol–water partition coefficient (Wildman–Crippen LogP) is 2.13. The molecule has 3 heteroatoms. The van der Waals surface area contributed by atoms with Gasteiger partial charge in [0.25, 0.3) is 0 Å². The van der Waals surface area contributed by atoms with Crippen LogP contribution in [0.4, 0.5) is 0 Å². The van der Waals surface area contributed by atoms with Gasteiger partial charge in [0.15, 0.2) is 0 Å². The van der Waals surface area contributed by atoms with Crippen LogP contribution in [-0.2, 0) is 13.5 Å². The summed E-state index contributed by atoms with van der Waals surface area (Å²) in [6, 6.07) is 2.91. The molecule has 0 aliphatic heterocycles. The largest absolute Gasteiger partial charge is 0.314 e. The van der Waals surface area contributed by atoms with E-state index in [1.165, 1.54) is 37.8 Å². The summed E-state index contributed by atoms with van der Waals surface area (Å²) in [6.45, 7) is 3.31. The molecule has 1 aliphatic carbocycles. The minimum Gasteiger partial charge on any atom is -0.314 e. The first-order valence-electron chi connectivity index (χ1n) is 6.50. The number of aromatic nitrogens is 2. The first-order valence-corrected chi connectivity index (χ1v) is 6.50. The molecule has 1 aromatic heterocycles. The summed E-state index contributed by atoms with van der Waals surface area (Å²) in [5.74, 6) is 0.916. The van der Waals surface area contributed by atoms with Gasteiger partial charge in [-0.25, -0.2) is 0 Å². The monoisotopic (exact) mass is 221 g/mol. The fourth-order valence-corrected chi connectivity index (χ4v) is 2.81. The van der Waals surface area contributed by atoms with Crippen LogP contribution >= 0.6 is 0 Å². The van der Waals surface area contributed by atoms with Gasteiger partial charge in [0.1, 0.15) is 0 Å². The third-order valence-electron chi connectivity index (χ3n) is 3.77. The quantitative estimate of drug-likeness (QED) is 0.825. The van der Waals surface area contributed by atoms with Gasteiger partial charge in [0, 0.05) is 25.0 Å². The highest BCUT2D eigenvalue weighted by molar-refractivity contribution is 5.00. The summed E-state index contributed by atoms with van der Waals surface area (Å²) in [5, 5.41) is 7.77. The van der Waals surface area contributed by atoms with Gasteiger partial charge in [-0.2, -0.15) is 5.10 Å². The van der Waals surface area contributed by atoms with Crippen molar-refractivity contribution < 1.29 is 0 Å². The van der Waals surface area contributed by atoms with Crippen LogP contribution in [0.2, 0.25) is 0 Å². The summed E-state index contributed by atoms with van der Waals surface area (Å²) in [6.07, 6.45) is 8.53. The minimum atomic E-state index is 0.779. The van der Waals surface area contributed by atoms with E-state index < -0.39 is 0 Å². The molecular weight excluding hydrogens is 198 g/mol. The molecule has 3 nitrogen and oxygen atoms in total. The fraction of sp³-hybridized carbons (Fsp3) is 0.769. The number of nitrogens with one attached hydrogen (secondary N) is 1. The third kappa shape index (κ3) is 2.85. The molecule has 0 radical (unpaired) electrons. The lowest BCUT2D eigenvalue weighted by Gasteiger charge is -2.11. The normalized spacial score (nSPS) is 25.1. The highest BCUT2D eigenvalue weighted by Gasteiger charge is 2.23. The van der Waals surface area contributed by atoms with Crippen LogP contribution in [0.25, 0.3) is 0 Å². The van der Waals surface area contributed by atoms with E-state index in [4.69, 9.17) is 0 Å². The zero-order valence-electron chi connectivity index (χ0n) is 10.4. The second-order valence-corrected chi connectivity index (χ2v) is 4.92. The van der Waals surface area contributed by atoms with Gasteiger partial charge in [-0.3, -0.25) is 4.68 Å². The Morgan fingerprint density at radius 3 is 3.06 bits per heavy atom. The summed E-state index contributed by atoms with van der Waals surface area (Å²) in [7, 11) is 2.03. The average Bonchev–Trinajstić information content (AvgIpc) is 2.86. The SMILES string of the molecule is CCNC1CCC(CCc2ccnn2C)C1. The summed E-state index contributed by atoms with van der Waals surface area (Å²) < 4.78 is 2.00. The van der Waals surface area contributed by atoms with Crippen molar-refractivity contribution in [1.82, 2.24) is 15.1 Å². The zero-order chi connectivity index (χ0) is 11.4. The van der Waals surface area contributed by atoms with Crippen LogP contribution in [0, 0.1) is 5.92 Å². The maximum absolute atomic E-state index is 4.21. The highest BCUT2D eigenvalue weighted by Crippen LogP contribution is 2.29. The molecule has 0 amide bonds. The Bertz CT molecular complexity index is 319. The van der Waals surface area contributed by atoms with Gasteiger partial charge >= 0.3 is 0 Å². The topological polar surface area (TPSA) is 29.9 Å². The van der Waals surface area contributed by atoms with Crippen molar-refractivity contribution >= 4 is 0 Å². The third-order valence-corrected chi connectivity index (χ3v) is 3.77. The molecule has 1 saturated carbocycles. The molecule has 1 N–H and O–H groups in total. The Labute approximate surface area is 98.2 Å². The van der Waals surface area contributed by atoms with Crippen LogP contribution in [0.15, 0.2) is 12.3 Å². The van der Waals surface area contributed by atoms with Crippen LogP contribution < -0.4 is 5.32 Å². The number of hydrogen-bond acceptors (Lipinski definition) is 2. The molecule has 2 unspecified atom stereocenters. The van der Waals surface area contributed by atoms with E-state index >= 15 is 0 Å². The van der Waals surface area contributed by atoms with Crippen LogP contribution in [0.5, 0.6) is 0 Å². The molecule has 0 saturated heterocycles. The van der Waals surface area contributed by atoms with E-state index in [9.17, 15) is 0 Å². The van der Waals surface area contributed by atoms with Crippen LogP contribution in [0.3, 0.4) is 0 Å². The molecule has 2 rings (SSSR count). The number of aryl methyl sites for hydroxylation is 2. The molecule has 1 aliphatic rings. The lowest BCUT2D eigenvalue weighted by molar-refractivity contribution is 0.464. The molecular formula is C13H23N3. The summed E-state index contributed by atoms with van der Waals surface area (Å²) >= 11 is 0. The second-order valence-electron chi connectivity index (χ2n) is 4.92. The van der Waals surface area contributed by atoms with Gasteiger partial charge in [-0.1, -0.05) is 6.92 Å². The van der Waals surface area contributed by atoms with E-state index in [0.717, 1.165) is 18.5 Å². The molecule has 2 atom stereocenters. The van der Waals surface area contributed by atoms with E-state index in [-0.39, 0.29) is 0 Å². The van der Waals surface area contributed by atoms with Gasteiger partial charge in [-0.15, -0.1) is 0 Å². The van der Waals surface area contributed by atoms with Gasteiger partial charge in [-0.05, 0) is 50.6 Å². The molecule has 1 aromatic rings. The lowest BCUT2D eigenvalue weighted by Crippen LogP contribution is -2.25. The van der Waals surface area contributed by atoms with Crippen molar-refractivity contribution in [3.8, 4) is 0 Å². The van der Waals surface area contributed by atoms with Crippen molar-refractivity contribution in [2.75, 3.05) is 6.54 Å². The molecule has 0 spiro atoms. The Kier molecular flexibility index (Phi) is 3.99. The number of nitrogens with zero attached hydrogens (tertiary/aromatic N) is 2. The van der Waals surface area contributed by atoms with E-state index in [1.54, 1.807) is 0 Å². The van der Waals surface area contributed by atoms with Crippen molar-refractivity contribution in [2.45, 2.75) is 45.1 Å². The second kappa shape index (κ2) is 5.48. The molecule has 1 heterocycles. The van der Waals surface area contributed by atoms with Crippen LogP contribution in [-0.4, -0.2) is 22.4 Å². The smallest absolute Gasteiger partial charge is 0.0492 e. The van der Waals surface area contributed by atoms with Crippen molar-refractivity contribution in [3.63, 3.8) is 0 Å². The zero-order valence-corrected chi connectivity index (χ0v) is 10.4. The number of rotatable bonds is 5. The van der Waals surface area contributed by atoms with Gasteiger partial charge < -0.3 is 5.32 Å². The number of hydrogen-bond donors (Lipinski definition) is 1. The Morgan fingerprint density at radius 1 is 1.50 bits per heavy atom.